The third kappa shape index (κ3) is 5.86. The molecule has 25 heavy (non-hydrogen) atoms. The molecule has 0 aromatic heterocycles. The van der Waals surface area contributed by atoms with E-state index in [9.17, 15) is 0 Å². The summed E-state index contributed by atoms with van der Waals surface area (Å²) < 4.78 is 0. The molecular weight excluding hydrogens is 306 g/mol. The van der Waals surface area contributed by atoms with Gasteiger partial charge in [0.05, 0.1) is 6.04 Å². The molecule has 1 unspecified atom stereocenters. The van der Waals surface area contributed by atoms with Crippen LogP contribution in [0.15, 0.2) is 47.2 Å². The Morgan fingerprint density at radius 2 is 2.04 bits per heavy atom. The molecule has 1 atom stereocenters. The SMILES string of the molecule is CC/C=C\C(C)=C(/C)CN(CC1C(C)=CC=CN1C)C1CCNCC1. The zero-order chi connectivity index (χ0) is 18.2. The fourth-order valence-electron chi connectivity index (χ4n) is 3.74. The Morgan fingerprint density at radius 1 is 1.32 bits per heavy atom. The smallest absolute Gasteiger partial charge is 0.0621 e. The highest BCUT2D eigenvalue weighted by atomic mass is 15.2. The minimum absolute atomic E-state index is 0.485. The standard InChI is InChI=1S/C22H37N3/c1-6-7-9-18(2)20(4)16-25(21-11-13-23-14-12-21)17-22-19(3)10-8-15-24(22)5/h7-10,15,21-23H,6,11-14,16-17H2,1-5H3/b9-7-,20-18+. The van der Waals surface area contributed by atoms with Crippen LogP contribution in [-0.2, 0) is 0 Å². The van der Waals surface area contributed by atoms with Gasteiger partial charge in [-0.05, 0) is 71.0 Å². The van der Waals surface area contributed by atoms with Gasteiger partial charge in [-0.25, -0.2) is 0 Å². The van der Waals surface area contributed by atoms with E-state index in [1.165, 1.54) is 29.6 Å². The Morgan fingerprint density at radius 3 is 2.68 bits per heavy atom. The van der Waals surface area contributed by atoms with Gasteiger partial charge in [-0.2, -0.15) is 0 Å². The summed E-state index contributed by atoms with van der Waals surface area (Å²) in [7, 11) is 2.20. The number of likely N-dealkylation sites (N-methyl/N-ethyl adjacent to an activating group) is 1. The zero-order valence-corrected chi connectivity index (χ0v) is 16.9. The monoisotopic (exact) mass is 343 g/mol. The molecule has 2 aliphatic rings. The number of hydrogen-bond donors (Lipinski definition) is 1. The molecule has 0 bridgehead atoms. The number of nitrogens with one attached hydrogen (secondary N) is 1. The molecule has 0 aromatic rings. The summed E-state index contributed by atoms with van der Waals surface area (Å²) in [6.07, 6.45) is 14.8. The van der Waals surface area contributed by atoms with E-state index >= 15 is 0 Å². The second kappa shape index (κ2) is 9.98. The predicted octanol–water partition coefficient (Wildman–Crippen LogP) is 4.12. The van der Waals surface area contributed by atoms with Gasteiger partial charge in [-0.3, -0.25) is 4.90 Å². The fourth-order valence-corrected chi connectivity index (χ4v) is 3.74. The molecule has 1 fully saturated rings. The number of piperidine rings is 1. The van der Waals surface area contributed by atoms with Crippen molar-refractivity contribution in [3.63, 3.8) is 0 Å². The van der Waals surface area contributed by atoms with Crippen molar-refractivity contribution in [2.45, 2.75) is 59.0 Å². The average molecular weight is 344 g/mol. The van der Waals surface area contributed by atoms with Gasteiger partial charge >= 0.3 is 0 Å². The molecule has 0 saturated carbocycles. The van der Waals surface area contributed by atoms with Gasteiger partial charge in [0.1, 0.15) is 0 Å². The highest BCUT2D eigenvalue weighted by Crippen LogP contribution is 2.21. The topological polar surface area (TPSA) is 18.5 Å². The van der Waals surface area contributed by atoms with Gasteiger partial charge in [0.25, 0.3) is 0 Å². The molecule has 2 rings (SSSR count). The van der Waals surface area contributed by atoms with Crippen LogP contribution >= 0.6 is 0 Å². The van der Waals surface area contributed by atoms with Crippen molar-refractivity contribution in [2.24, 2.45) is 0 Å². The third-order valence-electron chi connectivity index (χ3n) is 5.65. The van der Waals surface area contributed by atoms with Crippen LogP contribution in [0.5, 0.6) is 0 Å². The Hall–Kier alpha value is -1.32. The summed E-state index contributed by atoms with van der Waals surface area (Å²) in [6, 6.07) is 1.17. The van der Waals surface area contributed by atoms with E-state index in [0.29, 0.717) is 12.1 Å². The van der Waals surface area contributed by atoms with Crippen molar-refractivity contribution in [3.8, 4) is 0 Å². The van der Waals surface area contributed by atoms with E-state index in [1.54, 1.807) is 0 Å². The van der Waals surface area contributed by atoms with Crippen LogP contribution in [0.4, 0.5) is 0 Å². The predicted molar refractivity (Wildman–Crippen MR) is 110 cm³/mol. The Labute approximate surface area is 155 Å². The summed E-state index contributed by atoms with van der Waals surface area (Å²) in [5.74, 6) is 0. The molecule has 3 nitrogen and oxygen atoms in total. The first kappa shape index (κ1) is 20.0. The van der Waals surface area contributed by atoms with Gasteiger partial charge in [-0.1, -0.05) is 36.3 Å². The lowest BCUT2D eigenvalue weighted by Crippen LogP contribution is -2.49. The van der Waals surface area contributed by atoms with Crippen LogP contribution in [0.25, 0.3) is 0 Å². The molecule has 0 aliphatic carbocycles. The zero-order valence-electron chi connectivity index (χ0n) is 16.9. The van der Waals surface area contributed by atoms with Crippen molar-refractivity contribution >= 4 is 0 Å². The summed E-state index contributed by atoms with van der Waals surface area (Å²) in [6.45, 7) is 13.5. The highest BCUT2D eigenvalue weighted by molar-refractivity contribution is 5.25. The van der Waals surface area contributed by atoms with Gasteiger partial charge in [-0.15, -0.1) is 0 Å². The van der Waals surface area contributed by atoms with E-state index in [-0.39, 0.29) is 0 Å². The minimum atomic E-state index is 0.485. The van der Waals surface area contributed by atoms with E-state index in [0.717, 1.165) is 32.6 Å². The third-order valence-corrected chi connectivity index (χ3v) is 5.65. The van der Waals surface area contributed by atoms with Crippen molar-refractivity contribution in [1.29, 1.82) is 0 Å². The second-order valence-electron chi connectivity index (χ2n) is 7.62. The average Bonchev–Trinajstić information content (AvgIpc) is 2.62. The molecule has 0 aromatic carbocycles. The number of allylic oxidation sites excluding steroid dienone is 5. The first-order valence-electron chi connectivity index (χ1n) is 9.87. The van der Waals surface area contributed by atoms with E-state index in [4.69, 9.17) is 0 Å². The molecule has 0 amide bonds. The lowest BCUT2D eigenvalue weighted by atomic mass is 9.98. The lowest BCUT2D eigenvalue weighted by molar-refractivity contribution is 0.144. The first-order chi connectivity index (χ1) is 12.0. The normalized spacial score (nSPS) is 23.4. The quantitative estimate of drug-likeness (QED) is 0.702. The van der Waals surface area contributed by atoms with Gasteiger partial charge in [0.2, 0.25) is 0 Å². The van der Waals surface area contributed by atoms with Crippen LogP contribution in [-0.4, -0.2) is 55.1 Å². The number of hydrogen-bond acceptors (Lipinski definition) is 3. The molecule has 0 radical (unpaired) electrons. The van der Waals surface area contributed by atoms with Crippen LogP contribution in [0, 0.1) is 0 Å². The van der Waals surface area contributed by atoms with Crippen LogP contribution in [0.3, 0.4) is 0 Å². The van der Waals surface area contributed by atoms with E-state index in [1.807, 2.05) is 0 Å². The van der Waals surface area contributed by atoms with Crippen molar-refractivity contribution in [3.05, 3.63) is 47.2 Å². The number of nitrogens with zero attached hydrogens (tertiary/aromatic N) is 2. The van der Waals surface area contributed by atoms with E-state index in [2.05, 4.69) is 80.4 Å². The molecule has 2 heterocycles. The molecular formula is C22H37N3. The first-order valence-corrected chi connectivity index (χ1v) is 9.87. The molecule has 3 heteroatoms. The fraction of sp³-hybridized carbons (Fsp3) is 0.636. The summed E-state index contributed by atoms with van der Waals surface area (Å²) in [5, 5.41) is 3.51. The van der Waals surface area contributed by atoms with Crippen molar-refractivity contribution < 1.29 is 0 Å². The summed E-state index contributed by atoms with van der Waals surface area (Å²) in [4.78, 5) is 5.10. The maximum Gasteiger partial charge on any atom is 0.0621 e. The van der Waals surface area contributed by atoms with Crippen LogP contribution < -0.4 is 5.32 Å². The Kier molecular flexibility index (Phi) is 7.98. The lowest BCUT2D eigenvalue weighted by Gasteiger charge is -2.40. The van der Waals surface area contributed by atoms with Gasteiger partial charge in [0.15, 0.2) is 0 Å². The molecule has 2 aliphatic heterocycles. The Bertz CT molecular complexity index is 535. The highest BCUT2D eigenvalue weighted by Gasteiger charge is 2.26. The van der Waals surface area contributed by atoms with Gasteiger partial charge in [0, 0.05) is 26.2 Å². The Balaban J connectivity index is 2.14. The largest absolute Gasteiger partial charge is 0.372 e. The summed E-state index contributed by atoms with van der Waals surface area (Å²) >= 11 is 0. The van der Waals surface area contributed by atoms with Crippen LogP contribution in [0.1, 0.15) is 47.0 Å². The number of rotatable bonds is 7. The summed E-state index contributed by atoms with van der Waals surface area (Å²) in [5.41, 5.74) is 4.39. The maximum atomic E-state index is 3.51. The molecule has 140 valence electrons. The van der Waals surface area contributed by atoms with E-state index < -0.39 is 0 Å². The van der Waals surface area contributed by atoms with Crippen molar-refractivity contribution in [1.82, 2.24) is 15.1 Å². The minimum Gasteiger partial charge on any atom is -0.372 e. The van der Waals surface area contributed by atoms with Gasteiger partial charge < -0.3 is 10.2 Å². The van der Waals surface area contributed by atoms with Crippen molar-refractivity contribution in [2.75, 3.05) is 33.2 Å². The maximum absolute atomic E-state index is 3.51. The molecule has 0 spiro atoms. The second-order valence-corrected chi connectivity index (χ2v) is 7.62. The molecule has 1 saturated heterocycles. The van der Waals surface area contributed by atoms with Crippen LogP contribution in [0.2, 0.25) is 0 Å². The molecule has 1 N–H and O–H groups in total.